The van der Waals surface area contributed by atoms with Gasteiger partial charge in [-0.3, -0.25) is 4.79 Å². The molecule has 0 spiro atoms. The molecule has 0 aliphatic carbocycles. The number of benzene rings is 2. The van der Waals surface area contributed by atoms with Crippen LogP contribution in [0.15, 0.2) is 46.2 Å². The summed E-state index contributed by atoms with van der Waals surface area (Å²) in [6.07, 6.45) is 0. The van der Waals surface area contributed by atoms with E-state index in [1.807, 2.05) is 0 Å². The molecule has 0 unspecified atom stereocenters. The van der Waals surface area contributed by atoms with Crippen LogP contribution >= 0.6 is 11.8 Å². The quantitative estimate of drug-likeness (QED) is 0.855. The van der Waals surface area contributed by atoms with Gasteiger partial charge in [-0.05, 0) is 36.4 Å². The van der Waals surface area contributed by atoms with Gasteiger partial charge in [0.1, 0.15) is 0 Å². The molecule has 0 atom stereocenters. The van der Waals surface area contributed by atoms with Crippen LogP contribution in [0.3, 0.4) is 0 Å². The van der Waals surface area contributed by atoms with Crippen molar-refractivity contribution in [3.05, 3.63) is 53.6 Å². The topological polar surface area (TPSA) is 55.1 Å². The SMILES string of the molecule is CNC(=O)c1ccc(Sc2ccc(F)c(F)c2)c(N)c1. The lowest BCUT2D eigenvalue weighted by Gasteiger charge is -2.08. The van der Waals surface area contributed by atoms with Crippen LogP contribution in [0.4, 0.5) is 14.5 Å². The monoisotopic (exact) mass is 294 g/mol. The molecule has 1 amide bonds. The zero-order valence-corrected chi connectivity index (χ0v) is 11.4. The van der Waals surface area contributed by atoms with Crippen LogP contribution < -0.4 is 11.1 Å². The molecular weight excluding hydrogens is 282 g/mol. The molecule has 0 heterocycles. The highest BCUT2D eigenvalue weighted by Crippen LogP contribution is 2.33. The summed E-state index contributed by atoms with van der Waals surface area (Å²) < 4.78 is 26.0. The van der Waals surface area contributed by atoms with Gasteiger partial charge < -0.3 is 11.1 Å². The lowest BCUT2D eigenvalue weighted by molar-refractivity contribution is 0.0963. The van der Waals surface area contributed by atoms with Crippen molar-refractivity contribution < 1.29 is 13.6 Å². The predicted molar refractivity (Wildman–Crippen MR) is 74.7 cm³/mol. The Kier molecular flexibility index (Phi) is 4.24. The van der Waals surface area contributed by atoms with Crippen LogP contribution in [0, 0.1) is 11.6 Å². The third-order valence-electron chi connectivity index (χ3n) is 2.62. The first-order valence-corrected chi connectivity index (χ1v) is 6.57. The number of hydrogen-bond donors (Lipinski definition) is 2. The number of carbonyl (C=O) groups excluding carboxylic acids is 1. The van der Waals surface area contributed by atoms with Crippen molar-refractivity contribution in [2.24, 2.45) is 0 Å². The fraction of sp³-hybridized carbons (Fsp3) is 0.0714. The molecule has 3 nitrogen and oxygen atoms in total. The Morgan fingerprint density at radius 2 is 1.90 bits per heavy atom. The number of nitrogens with two attached hydrogens (primary N) is 1. The number of nitrogen functional groups attached to an aromatic ring is 1. The van der Waals surface area contributed by atoms with Crippen molar-refractivity contribution >= 4 is 23.4 Å². The first kappa shape index (κ1) is 14.3. The van der Waals surface area contributed by atoms with E-state index in [1.165, 1.54) is 24.9 Å². The van der Waals surface area contributed by atoms with Gasteiger partial charge in [0.15, 0.2) is 11.6 Å². The summed E-state index contributed by atoms with van der Waals surface area (Å²) >= 11 is 1.20. The molecule has 2 aromatic rings. The van der Waals surface area contributed by atoms with Gasteiger partial charge >= 0.3 is 0 Å². The average Bonchev–Trinajstić information content (AvgIpc) is 2.44. The Balaban J connectivity index is 2.25. The fourth-order valence-electron chi connectivity index (χ4n) is 1.59. The zero-order valence-electron chi connectivity index (χ0n) is 10.6. The maximum atomic E-state index is 13.1. The largest absolute Gasteiger partial charge is 0.398 e. The molecule has 0 bridgehead atoms. The van der Waals surface area contributed by atoms with Gasteiger partial charge in [0.25, 0.3) is 5.91 Å². The molecule has 2 rings (SSSR count). The van der Waals surface area contributed by atoms with Crippen LogP contribution in [0.2, 0.25) is 0 Å². The van der Waals surface area contributed by atoms with Gasteiger partial charge in [0.05, 0.1) is 0 Å². The van der Waals surface area contributed by atoms with E-state index in [9.17, 15) is 13.6 Å². The third-order valence-corrected chi connectivity index (χ3v) is 3.70. The van der Waals surface area contributed by atoms with E-state index in [1.54, 1.807) is 18.2 Å². The average molecular weight is 294 g/mol. The highest BCUT2D eigenvalue weighted by atomic mass is 32.2. The Morgan fingerprint density at radius 3 is 2.50 bits per heavy atom. The van der Waals surface area contributed by atoms with E-state index < -0.39 is 11.6 Å². The predicted octanol–water partition coefficient (Wildman–Crippen LogP) is 3.06. The smallest absolute Gasteiger partial charge is 0.251 e. The number of anilines is 1. The summed E-state index contributed by atoms with van der Waals surface area (Å²) in [4.78, 5) is 12.7. The van der Waals surface area contributed by atoms with Crippen LogP contribution in [-0.4, -0.2) is 13.0 Å². The summed E-state index contributed by atoms with van der Waals surface area (Å²) in [6.45, 7) is 0. The third kappa shape index (κ3) is 3.08. The molecule has 0 aliphatic rings. The van der Waals surface area contributed by atoms with Gasteiger partial charge in [0.2, 0.25) is 0 Å². The summed E-state index contributed by atoms with van der Waals surface area (Å²) in [6, 6.07) is 8.47. The number of halogens is 2. The van der Waals surface area contributed by atoms with Crippen LogP contribution in [0.1, 0.15) is 10.4 Å². The first-order chi connectivity index (χ1) is 9.51. The number of nitrogens with one attached hydrogen (secondary N) is 1. The molecule has 0 fully saturated rings. The van der Waals surface area contributed by atoms with E-state index in [0.717, 1.165) is 12.1 Å². The summed E-state index contributed by atoms with van der Waals surface area (Å²) in [7, 11) is 1.53. The highest BCUT2D eigenvalue weighted by molar-refractivity contribution is 7.99. The second-order valence-corrected chi connectivity index (χ2v) is 5.13. The van der Waals surface area contributed by atoms with Crippen LogP contribution in [0.25, 0.3) is 0 Å². The maximum absolute atomic E-state index is 13.1. The lowest BCUT2D eigenvalue weighted by Crippen LogP contribution is -2.17. The van der Waals surface area contributed by atoms with E-state index in [0.29, 0.717) is 21.0 Å². The van der Waals surface area contributed by atoms with Crippen molar-refractivity contribution in [2.45, 2.75) is 9.79 Å². The van der Waals surface area contributed by atoms with Gasteiger partial charge in [-0.2, -0.15) is 0 Å². The zero-order chi connectivity index (χ0) is 14.7. The van der Waals surface area contributed by atoms with E-state index in [-0.39, 0.29) is 5.91 Å². The summed E-state index contributed by atoms with van der Waals surface area (Å²) in [5.41, 5.74) is 6.71. The summed E-state index contributed by atoms with van der Waals surface area (Å²) in [5.74, 6) is -2.03. The van der Waals surface area contributed by atoms with E-state index >= 15 is 0 Å². The van der Waals surface area contributed by atoms with E-state index in [4.69, 9.17) is 5.73 Å². The minimum absolute atomic E-state index is 0.235. The first-order valence-electron chi connectivity index (χ1n) is 5.76. The number of amides is 1. The number of rotatable bonds is 3. The van der Waals surface area contributed by atoms with Crippen molar-refractivity contribution in [1.82, 2.24) is 5.32 Å². The normalized spacial score (nSPS) is 10.3. The Morgan fingerprint density at radius 1 is 1.15 bits per heavy atom. The molecule has 104 valence electrons. The van der Waals surface area contributed by atoms with Crippen molar-refractivity contribution in [2.75, 3.05) is 12.8 Å². The molecule has 2 aromatic carbocycles. The van der Waals surface area contributed by atoms with Crippen molar-refractivity contribution in [3.63, 3.8) is 0 Å². The van der Waals surface area contributed by atoms with Gasteiger partial charge in [-0.25, -0.2) is 8.78 Å². The number of hydrogen-bond acceptors (Lipinski definition) is 3. The molecule has 6 heteroatoms. The van der Waals surface area contributed by atoms with Gasteiger partial charge in [0, 0.05) is 28.1 Å². The second-order valence-electron chi connectivity index (χ2n) is 4.01. The second kappa shape index (κ2) is 5.92. The molecular formula is C14H12F2N2OS. The van der Waals surface area contributed by atoms with Gasteiger partial charge in [-0.15, -0.1) is 0 Å². The number of carbonyl (C=O) groups is 1. The van der Waals surface area contributed by atoms with Gasteiger partial charge in [-0.1, -0.05) is 11.8 Å². The molecule has 0 saturated carbocycles. The molecule has 0 saturated heterocycles. The summed E-state index contributed by atoms with van der Waals surface area (Å²) in [5, 5.41) is 2.50. The molecule has 0 radical (unpaired) electrons. The molecule has 3 N–H and O–H groups in total. The van der Waals surface area contributed by atoms with Crippen molar-refractivity contribution in [1.29, 1.82) is 0 Å². The fourth-order valence-corrected chi connectivity index (χ4v) is 2.46. The van der Waals surface area contributed by atoms with Crippen LogP contribution in [-0.2, 0) is 0 Å². The van der Waals surface area contributed by atoms with E-state index in [2.05, 4.69) is 5.32 Å². The standard InChI is InChI=1S/C14H12F2N2OS/c1-18-14(19)8-2-5-13(12(17)6-8)20-9-3-4-10(15)11(16)7-9/h2-7H,17H2,1H3,(H,18,19). The Bertz CT molecular complexity index is 662. The molecule has 20 heavy (non-hydrogen) atoms. The Labute approximate surface area is 119 Å². The highest BCUT2D eigenvalue weighted by Gasteiger charge is 2.09. The van der Waals surface area contributed by atoms with Crippen molar-refractivity contribution in [3.8, 4) is 0 Å². The molecule has 0 aromatic heterocycles. The Hall–Kier alpha value is -2.08. The lowest BCUT2D eigenvalue weighted by atomic mass is 10.2. The van der Waals surface area contributed by atoms with Crippen LogP contribution in [0.5, 0.6) is 0 Å². The minimum Gasteiger partial charge on any atom is -0.398 e. The molecule has 0 aliphatic heterocycles. The minimum atomic E-state index is -0.907. The maximum Gasteiger partial charge on any atom is 0.251 e.